The number of aryl methyl sites for hydroxylation is 4. The van der Waals surface area contributed by atoms with Crippen molar-refractivity contribution in [2.75, 3.05) is 45.1 Å². The van der Waals surface area contributed by atoms with E-state index in [1.165, 1.54) is 61.6 Å². The lowest BCUT2D eigenvalue weighted by atomic mass is 9.97. The standard InChI is InChI=1S/C31H45N3O2.C12H24O2.BrH/c1-7-34(6,22-27(35)21-28-23(2)13-10-14-24(28)3)20-12-19-33-18-9-8-17-29(33)31(36)32-30-25(4)15-11-16-26(30)5;1-2-3-4-5-6-7-8-9-10-11-12(13)14;/h10-11,13-16,29H,7-9,12,17-22H2,1-6H3;2-11H2,1H3,(H,13,14);1H/t29-,34?;;/m1../s1. The number of halogens is 1. The van der Waals surface area contributed by atoms with Crippen LogP contribution >= 0.6 is 0 Å². The third kappa shape index (κ3) is 17.7. The zero-order valence-corrected chi connectivity index (χ0v) is 34.7. The first kappa shape index (κ1) is 46.5. The Morgan fingerprint density at radius 2 is 1.35 bits per heavy atom. The van der Waals surface area contributed by atoms with Crippen LogP contribution < -0.4 is 22.3 Å². The fourth-order valence-electron chi connectivity index (χ4n) is 7.17. The number of amides is 1. The van der Waals surface area contributed by atoms with E-state index in [9.17, 15) is 14.4 Å². The largest absolute Gasteiger partial charge is 1.00 e. The van der Waals surface area contributed by atoms with E-state index in [-0.39, 0.29) is 28.9 Å². The van der Waals surface area contributed by atoms with E-state index in [2.05, 4.69) is 63.2 Å². The van der Waals surface area contributed by atoms with Crippen molar-refractivity contribution < 1.29 is 41.0 Å². The van der Waals surface area contributed by atoms with Crippen molar-refractivity contribution in [2.45, 2.75) is 144 Å². The first-order valence-electron chi connectivity index (χ1n) is 19.6. The number of likely N-dealkylation sites (tertiary alicyclic amines) is 1. The highest BCUT2D eigenvalue weighted by Crippen LogP contribution is 2.24. The number of rotatable bonds is 21. The number of anilines is 1. The number of piperidine rings is 1. The van der Waals surface area contributed by atoms with Crippen molar-refractivity contribution in [2.24, 2.45) is 0 Å². The van der Waals surface area contributed by atoms with Gasteiger partial charge in [0.1, 0.15) is 6.54 Å². The third-order valence-corrected chi connectivity index (χ3v) is 10.6. The molecule has 1 fully saturated rings. The van der Waals surface area contributed by atoms with E-state index < -0.39 is 5.97 Å². The quantitative estimate of drug-likeness (QED) is 0.114. The first-order chi connectivity index (χ1) is 23.9. The molecule has 2 N–H and O–H groups in total. The Balaban J connectivity index is 0.000000736. The molecule has 7 nitrogen and oxygen atoms in total. The maximum absolute atomic E-state index is 13.3. The number of unbranched alkanes of at least 4 members (excludes halogenated alkanes) is 8. The molecule has 1 amide bonds. The number of benzene rings is 2. The number of aliphatic carboxylic acids is 1. The molecule has 0 aliphatic carbocycles. The highest BCUT2D eigenvalue weighted by molar-refractivity contribution is 5.96. The predicted molar refractivity (Wildman–Crippen MR) is 209 cm³/mol. The van der Waals surface area contributed by atoms with Gasteiger partial charge >= 0.3 is 5.97 Å². The van der Waals surface area contributed by atoms with Crippen LogP contribution in [0.25, 0.3) is 0 Å². The van der Waals surface area contributed by atoms with Crippen molar-refractivity contribution in [1.82, 2.24) is 4.90 Å². The van der Waals surface area contributed by atoms with E-state index in [0.29, 0.717) is 25.2 Å². The maximum atomic E-state index is 13.3. The Bertz CT molecular complexity index is 1290. The molecule has 2 aromatic rings. The minimum absolute atomic E-state index is 0. The lowest BCUT2D eigenvalue weighted by Crippen LogP contribution is -3.00. The zero-order valence-electron chi connectivity index (χ0n) is 33.1. The summed E-state index contributed by atoms with van der Waals surface area (Å²) in [5.74, 6) is -0.239. The van der Waals surface area contributed by atoms with Crippen LogP contribution in [0.15, 0.2) is 36.4 Å². The van der Waals surface area contributed by atoms with Crippen LogP contribution in [0.2, 0.25) is 0 Å². The molecule has 0 saturated carbocycles. The van der Waals surface area contributed by atoms with Gasteiger partial charge in [0, 0.05) is 31.5 Å². The summed E-state index contributed by atoms with van der Waals surface area (Å²) in [4.78, 5) is 38.9. The summed E-state index contributed by atoms with van der Waals surface area (Å²) in [6.07, 6.45) is 16.1. The molecule has 0 spiro atoms. The maximum Gasteiger partial charge on any atom is 0.303 e. The van der Waals surface area contributed by atoms with Gasteiger partial charge < -0.3 is 31.9 Å². The molecule has 0 radical (unpaired) electrons. The molecule has 51 heavy (non-hydrogen) atoms. The Morgan fingerprint density at radius 1 is 0.804 bits per heavy atom. The first-order valence-corrected chi connectivity index (χ1v) is 19.6. The summed E-state index contributed by atoms with van der Waals surface area (Å²) < 4.78 is 0.747. The topological polar surface area (TPSA) is 86.7 Å². The summed E-state index contributed by atoms with van der Waals surface area (Å²) in [5, 5.41) is 11.6. The second-order valence-corrected chi connectivity index (χ2v) is 15.0. The molecule has 0 aromatic heterocycles. The van der Waals surface area contributed by atoms with Gasteiger partial charge in [-0.2, -0.15) is 0 Å². The SMILES string of the molecule is CCCCCCCCCCCC(=O)O.CC[N+](C)(CCCN1CCCC[C@@H]1C(=O)Nc1c(C)cccc1C)CC(=O)Cc1c(C)cccc1C.[Br-]. The van der Waals surface area contributed by atoms with Crippen LogP contribution in [0.4, 0.5) is 5.69 Å². The summed E-state index contributed by atoms with van der Waals surface area (Å²) in [6, 6.07) is 12.3. The number of hydrogen-bond acceptors (Lipinski definition) is 4. The zero-order chi connectivity index (χ0) is 36.9. The normalized spacial score (nSPS) is 15.5. The molecule has 1 unspecified atom stereocenters. The van der Waals surface area contributed by atoms with Gasteiger partial charge in [0.25, 0.3) is 0 Å². The van der Waals surface area contributed by atoms with Crippen molar-refractivity contribution in [3.05, 3.63) is 64.2 Å². The number of likely N-dealkylation sites (N-methyl/N-ethyl adjacent to an activating group) is 1. The minimum Gasteiger partial charge on any atom is -1.00 e. The molecule has 8 heteroatoms. The number of Topliss-reactive ketones (excluding diaryl/α,β-unsaturated/α-hetero) is 1. The number of hydrogen-bond donors (Lipinski definition) is 2. The number of nitrogens with zero attached hydrogens (tertiary/aromatic N) is 2. The third-order valence-electron chi connectivity index (χ3n) is 10.6. The van der Waals surface area contributed by atoms with Gasteiger partial charge in [-0.3, -0.25) is 19.3 Å². The van der Waals surface area contributed by atoms with Gasteiger partial charge in [-0.15, -0.1) is 0 Å². The number of carbonyl (C=O) groups excluding carboxylic acids is 2. The number of carboxylic acids is 1. The van der Waals surface area contributed by atoms with Crippen LogP contribution in [0, 0.1) is 27.7 Å². The van der Waals surface area contributed by atoms with E-state index in [1.807, 2.05) is 32.0 Å². The average molecular weight is 773 g/mol. The van der Waals surface area contributed by atoms with Crippen LogP contribution in [0.1, 0.15) is 132 Å². The fourth-order valence-corrected chi connectivity index (χ4v) is 7.17. The Labute approximate surface area is 321 Å². The van der Waals surface area contributed by atoms with Crippen molar-refractivity contribution in [3.63, 3.8) is 0 Å². The van der Waals surface area contributed by atoms with Crippen LogP contribution in [0.5, 0.6) is 0 Å². The lowest BCUT2D eigenvalue weighted by Gasteiger charge is -2.37. The van der Waals surface area contributed by atoms with E-state index in [4.69, 9.17) is 5.11 Å². The molecule has 1 aliphatic rings. The van der Waals surface area contributed by atoms with Gasteiger partial charge in [-0.1, -0.05) is 101 Å². The molecular formula is C43H70BrN3O4. The smallest absolute Gasteiger partial charge is 0.303 e. The summed E-state index contributed by atoms with van der Waals surface area (Å²) in [6.45, 7) is 17.0. The minimum atomic E-state index is -0.659. The Hall–Kier alpha value is -2.55. The van der Waals surface area contributed by atoms with Crippen molar-refractivity contribution >= 4 is 23.3 Å². The lowest BCUT2D eigenvalue weighted by molar-refractivity contribution is -0.900. The summed E-state index contributed by atoms with van der Waals surface area (Å²) in [7, 11) is 2.20. The monoisotopic (exact) mass is 771 g/mol. The molecule has 3 rings (SSSR count). The summed E-state index contributed by atoms with van der Waals surface area (Å²) >= 11 is 0. The molecular weight excluding hydrogens is 702 g/mol. The predicted octanol–water partition coefficient (Wildman–Crippen LogP) is 6.38. The number of para-hydroxylation sites is 1. The second-order valence-electron chi connectivity index (χ2n) is 15.0. The molecule has 1 heterocycles. The fraction of sp³-hybridized carbons (Fsp3) is 0.651. The van der Waals surface area contributed by atoms with Crippen molar-refractivity contribution in [1.29, 1.82) is 0 Å². The van der Waals surface area contributed by atoms with E-state index >= 15 is 0 Å². The molecule has 0 bridgehead atoms. The number of nitrogens with one attached hydrogen (secondary N) is 1. The van der Waals surface area contributed by atoms with Crippen molar-refractivity contribution in [3.8, 4) is 0 Å². The van der Waals surface area contributed by atoms with Gasteiger partial charge in [0.15, 0.2) is 5.78 Å². The molecule has 2 atom stereocenters. The number of carboxylic acid groups (broad SMARTS) is 1. The van der Waals surface area contributed by atoms with Crippen LogP contribution in [-0.4, -0.2) is 78.0 Å². The number of quaternary nitrogens is 1. The highest BCUT2D eigenvalue weighted by Gasteiger charge is 2.30. The number of ketones is 1. The summed E-state index contributed by atoms with van der Waals surface area (Å²) in [5.41, 5.74) is 6.73. The molecule has 2 aromatic carbocycles. The molecule has 1 saturated heterocycles. The van der Waals surface area contributed by atoms with Gasteiger partial charge in [0.05, 0.1) is 26.2 Å². The highest BCUT2D eigenvalue weighted by atomic mass is 79.9. The average Bonchev–Trinajstić information content (AvgIpc) is 3.08. The van der Waals surface area contributed by atoms with Gasteiger partial charge in [-0.25, -0.2) is 0 Å². The molecule has 1 aliphatic heterocycles. The molecule has 288 valence electrons. The van der Waals surface area contributed by atoms with Gasteiger partial charge in [0.2, 0.25) is 5.91 Å². The number of carbonyl (C=O) groups is 3. The van der Waals surface area contributed by atoms with E-state index in [1.54, 1.807) is 0 Å². The van der Waals surface area contributed by atoms with Gasteiger partial charge in [-0.05, 0) is 88.2 Å². The Kier molecular flexibility index (Phi) is 23.2. The Morgan fingerprint density at radius 3 is 1.90 bits per heavy atom. The van der Waals surface area contributed by atoms with Crippen LogP contribution in [0.3, 0.4) is 0 Å². The van der Waals surface area contributed by atoms with E-state index in [0.717, 1.165) is 86.0 Å². The second kappa shape index (κ2) is 25.4. The van der Waals surface area contributed by atoms with Crippen LogP contribution in [-0.2, 0) is 20.8 Å².